The van der Waals surface area contributed by atoms with E-state index >= 15 is 0 Å². The Hall–Kier alpha value is -0.810. The lowest BCUT2D eigenvalue weighted by Crippen LogP contribution is -2.43. The maximum Gasteiger partial charge on any atom is 0.410 e. The summed E-state index contributed by atoms with van der Waals surface area (Å²) in [6.45, 7) is 10.2. The zero-order valence-electron chi connectivity index (χ0n) is 13.7. The summed E-state index contributed by atoms with van der Waals surface area (Å²) in [5.41, 5.74) is 0. The van der Waals surface area contributed by atoms with E-state index in [4.69, 9.17) is 9.47 Å². The second kappa shape index (κ2) is 7.99. The maximum absolute atomic E-state index is 12.2. The Bertz CT molecular complexity index is 331. The Morgan fingerprint density at radius 2 is 2.05 bits per heavy atom. The average Bonchev–Trinajstić information content (AvgIpc) is 2.86. The Morgan fingerprint density at radius 3 is 2.67 bits per heavy atom. The zero-order valence-corrected chi connectivity index (χ0v) is 13.7. The molecule has 21 heavy (non-hydrogen) atoms. The van der Waals surface area contributed by atoms with Gasteiger partial charge >= 0.3 is 6.09 Å². The first kappa shape index (κ1) is 16.6. The highest BCUT2D eigenvalue weighted by Crippen LogP contribution is 2.26. The first-order valence-corrected chi connectivity index (χ1v) is 8.44. The number of ether oxygens (including phenoxy) is 2. The highest BCUT2D eigenvalue weighted by Gasteiger charge is 2.35. The van der Waals surface area contributed by atoms with Crippen molar-refractivity contribution in [3.05, 3.63) is 0 Å². The van der Waals surface area contributed by atoms with Crippen molar-refractivity contribution in [1.82, 2.24) is 9.80 Å². The van der Waals surface area contributed by atoms with Crippen LogP contribution in [0.25, 0.3) is 0 Å². The van der Waals surface area contributed by atoms with E-state index in [-0.39, 0.29) is 12.2 Å². The topological polar surface area (TPSA) is 42.0 Å². The molecule has 0 saturated carbocycles. The SMILES string of the molecule is CCCC(CC)N1C[C@H](OC(=O)N2CCOCC2)C[C@H]1C. The van der Waals surface area contributed by atoms with Crippen molar-refractivity contribution in [1.29, 1.82) is 0 Å². The normalized spacial score (nSPS) is 28.6. The number of amides is 1. The van der Waals surface area contributed by atoms with Crippen molar-refractivity contribution in [2.24, 2.45) is 0 Å². The van der Waals surface area contributed by atoms with Crippen molar-refractivity contribution < 1.29 is 14.3 Å². The van der Waals surface area contributed by atoms with Crippen LogP contribution < -0.4 is 0 Å². The number of carbonyl (C=O) groups excluding carboxylic acids is 1. The van der Waals surface area contributed by atoms with E-state index in [1.54, 1.807) is 4.90 Å². The van der Waals surface area contributed by atoms with Gasteiger partial charge in [0.05, 0.1) is 13.2 Å². The summed E-state index contributed by atoms with van der Waals surface area (Å²) < 4.78 is 11.0. The van der Waals surface area contributed by atoms with Crippen molar-refractivity contribution in [3.8, 4) is 0 Å². The number of hydrogen-bond donors (Lipinski definition) is 0. The molecule has 0 aromatic heterocycles. The van der Waals surface area contributed by atoms with Crippen LogP contribution in [0, 0.1) is 0 Å². The summed E-state index contributed by atoms with van der Waals surface area (Å²) in [4.78, 5) is 16.5. The molecule has 5 nitrogen and oxygen atoms in total. The molecule has 0 aliphatic carbocycles. The van der Waals surface area contributed by atoms with Crippen LogP contribution in [0.4, 0.5) is 4.79 Å². The number of carbonyl (C=O) groups is 1. The van der Waals surface area contributed by atoms with E-state index in [9.17, 15) is 4.79 Å². The molecule has 1 unspecified atom stereocenters. The molecule has 0 radical (unpaired) electrons. The van der Waals surface area contributed by atoms with Gasteiger partial charge in [0.2, 0.25) is 0 Å². The van der Waals surface area contributed by atoms with Crippen LogP contribution in [-0.2, 0) is 9.47 Å². The van der Waals surface area contributed by atoms with Gasteiger partial charge in [-0.3, -0.25) is 4.90 Å². The second-order valence-corrected chi connectivity index (χ2v) is 6.24. The van der Waals surface area contributed by atoms with Gasteiger partial charge in [-0.1, -0.05) is 20.3 Å². The maximum atomic E-state index is 12.2. The average molecular weight is 298 g/mol. The summed E-state index contributed by atoms with van der Waals surface area (Å²) >= 11 is 0. The van der Waals surface area contributed by atoms with Gasteiger partial charge in [-0.15, -0.1) is 0 Å². The molecule has 2 aliphatic rings. The molecule has 0 aromatic carbocycles. The smallest absolute Gasteiger partial charge is 0.410 e. The molecule has 0 N–H and O–H groups in total. The van der Waals surface area contributed by atoms with Gasteiger partial charge in [0.1, 0.15) is 6.10 Å². The predicted molar refractivity (Wildman–Crippen MR) is 82.4 cm³/mol. The molecule has 0 aromatic rings. The van der Waals surface area contributed by atoms with Crippen LogP contribution in [-0.4, -0.2) is 66.9 Å². The molecule has 3 atom stereocenters. The molecular formula is C16H30N2O3. The molecule has 1 amide bonds. The van der Waals surface area contributed by atoms with E-state index in [0.717, 1.165) is 13.0 Å². The number of likely N-dealkylation sites (tertiary alicyclic amines) is 1. The van der Waals surface area contributed by atoms with Gasteiger partial charge in [-0.25, -0.2) is 4.79 Å². The van der Waals surface area contributed by atoms with E-state index in [2.05, 4.69) is 25.7 Å². The monoisotopic (exact) mass is 298 g/mol. The largest absolute Gasteiger partial charge is 0.445 e. The van der Waals surface area contributed by atoms with E-state index < -0.39 is 0 Å². The Kier molecular flexibility index (Phi) is 6.30. The third kappa shape index (κ3) is 4.33. The summed E-state index contributed by atoms with van der Waals surface area (Å²) in [5.74, 6) is 0. The van der Waals surface area contributed by atoms with Crippen LogP contribution in [0.1, 0.15) is 46.5 Å². The number of morpholine rings is 1. The molecule has 2 aliphatic heterocycles. The van der Waals surface area contributed by atoms with Crippen LogP contribution >= 0.6 is 0 Å². The minimum Gasteiger partial charge on any atom is -0.445 e. The van der Waals surface area contributed by atoms with Crippen LogP contribution in [0.2, 0.25) is 0 Å². The van der Waals surface area contributed by atoms with E-state index in [1.807, 2.05) is 0 Å². The fourth-order valence-corrected chi connectivity index (χ4v) is 3.50. The molecule has 0 bridgehead atoms. The van der Waals surface area contributed by atoms with Gasteiger partial charge < -0.3 is 14.4 Å². The number of rotatable bonds is 5. The molecular weight excluding hydrogens is 268 g/mol. The molecule has 0 spiro atoms. The van der Waals surface area contributed by atoms with Crippen LogP contribution in [0.5, 0.6) is 0 Å². The predicted octanol–water partition coefficient (Wildman–Crippen LogP) is 2.50. The third-order valence-corrected chi connectivity index (χ3v) is 4.68. The Balaban J connectivity index is 1.83. The number of hydrogen-bond acceptors (Lipinski definition) is 4. The standard InChI is InChI=1S/C16H30N2O3/c1-4-6-14(5-2)18-12-15(11-13(18)3)21-16(19)17-7-9-20-10-8-17/h13-15H,4-12H2,1-3H3/t13-,14?,15-/m1/s1. The second-order valence-electron chi connectivity index (χ2n) is 6.24. The molecule has 2 saturated heterocycles. The molecule has 5 heteroatoms. The number of nitrogens with zero attached hydrogens (tertiary/aromatic N) is 2. The molecule has 122 valence electrons. The van der Waals surface area contributed by atoms with Gasteiger partial charge in [-0.05, 0) is 19.8 Å². The van der Waals surface area contributed by atoms with Crippen molar-refractivity contribution in [2.45, 2.75) is 64.6 Å². The Morgan fingerprint density at radius 1 is 1.33 bits per heavy atom. The van der Waals surface area contributed by atoms with Crippen LogP contribution in [0.3, 0.4) is 0 Å². The lowest BCUT2D eigenvalue weighted by atomic mass is 10.1. The lowest BCUT2D eigenvalue weighted by molar-refractivity contribution is 0.0133. The van der Waals surface area contributed by atoms with Crippen molar-refractivity contribution in [2.75, 3.05) is 32.8 Å². The molecule has 2 rings (SSSR count). The van der Waals surface area contributed by atoms with Gasteiger partial charge in [0.25, 0.3) is 0 Å². The first-order valence-electron chi connectivity index (χ1n) is 8.44. The summed E-state index contributed by atoms with van der Waals surface area (Å²) in [6, 6.07) is 1.13. The zero-order chi connectivity index (χ0) is 15.2. The van der Waals surface area contributed by atoms with Crippen LogP contribution in [0.15, 0.2) is 0 Å². The van der Waals surface area contributed by atoms with Gasteiger partial charge in [0.15, 0.2) is 0 Å². The highest BCUT2D eigenvalue weighted by atomic mass is 16.6. The van der Waals surface area contributed by atoms with Crippen molar-refractivity contribution in [3.63, 3.8) is 0 Å². The lowest BCUT2D eigenvalue weighted by Gasteiger charge is -2.30. The third-order valence-electron chi connectivity index (χ3n) is 4.68. The highest BCUT2D eigenvalue weighted by molar-refractivity contribution is 5.68. The van der Waals surface area contributed by atoms with E-state index in [0.29, 0.717) is 38.4 Å². The van der Waals surface area contributed by atoms with Gasteiger partial charge in [-0.2, -0.15) is 0 Å². The molecule has 2 heterocycles. The first-order chi connectivity index (χ1) is 10.2. The van der Waals surface area contributed by atoms with E-state index in [1.165, 1.54) is 19.3 Å². The fraction of sp³-hybridized carbons (Fsp3) is 0.938. The Labute approximate surface area is 128 Å². The minimum atomic E-state index is -0.166. The molecule has 2 fully saturated rings. The summed E-state index contributed by atoms with van der Waals surface area (Å²) in [5, 5.41) is 0. The summed E-state index contributed by atoms with van der Waals surface area (Å²) in [6.07, 6.45) is 4.44. The van der Waals surface area contributed by atoms with Crippen molar-refractivity contribution >= 4 is 6.09 Å². The summed E-state index contributed by atoms with van der Waals surface area (Å²) in [7, 11) is 0. The quantitative estimate of drug-likeness (QED) is 0.782. The van der Waals surface area contributed by atoms with Gasteiger partial charge in [0, 0.05) is 38.1 Å². The fourth-order valence-electron chi connectivity index (χ4n) is 3.50. The minimum absolute atomic E-state index is 0.0428.